The lowest BCUT2D eigenvalue weighted by atomic mass is 10.2. The van der Waals surface area contributed by atoms with Gasteiger partial charge in [0, 0.05) is 0 Å². The molecule has 78 valence electrons. The van der Waals surface area contributed by atoms with E-state index in [0.717, 1.165) is 8.58 Å². The average molecular weight is 204 g/mol. The van der Waals surface area contributed by atoms with Crippen molar-refractivity contribution in [3.05, 3.63) is 0 Å². The summed E-state index contributed by atoms with van der Waals surface area (Å²) in [6.45, 7) is 4.57. The van der Waals surface area contributed by atoms with Crippen LogP contribution in [0.25, 0.3) is 0 Å². The first kappa shape index (κ1) is 12.9. The van der Waals surface area contributed by atoms with Crippen molar-refractivity contribution in [3.63, 3.8) is 0 Å². The van der Waals surface area contributed by atoms with Crippen LogP contribution in [0.1, 0.15) is 39.5 Å². The second-order valence-electron chi connectivity index (χ2n) is 3.04. The van der Waals surface area contributed by atoms with Gasteiger partial charge in [-0.25, -0.2) is 0 Å². The second kappa shape index (κ2) is 9.98. The summed E-state index contributed by atoms with van der Waals surface area (Å²) in [6, 6.07) is 0. The van der Waals surface area contributed by atoms with Crippen LogP contribution in [-0.2, 0) is 9.53 Å². The van der Waals surface area contributed by atoms with Crippen molar-refractivity contribution in [1.29, 1.82) is 0 Å². The third-order valence-electron chi connectivity index (χ3n) is 1.78. The van der Waals surface area contributed by atoms with Crippen LogP contribution in [-0.4, -0.2) is 24.9 Å². The molecular formula is C10H21O2P. The number of carbonyl (C=O) groups is 1. The Morgan fingerprint density at radius 1 is 1.23 bits per heavy atom. The molecule has 0 aromatic carbocycles. The Kier molecular flexibility index (Phi) is 9.91. The minimum absolute atomic E-state index is 0.0312. The van der Waals surface area contributed by atoms with E-state index in [-0.39, 0.29) is 5.97 Å². The van der Waals surface area contributed by atoms with Gasteiger partial charge < -0.3 is 4.74 Å². The third-order valence-corrected chi connectivity index (χ3v) is 3.03. The number of carbonyl (C=O) groups excluding carboxylic acids is 1. The second-order valence-corrected chi connectivity index (χ2v) is 4.40. The van der Waals surface area contributed by atoms with Gasteiger partial charge in [0.2, 0.25) is 0 Å². The zero-order valence-electron chi connectivity index (χ0n) is 8.77. The van der Waals surface area contributed by atoms with Gasteiger partial charge in [-0.3, -0.25) is 4.79 Å². The zero-order chi connectivity index (χ0) is 9.94. The van der Waals surface area contributed by atoms with Gasteiger partial charge in [0.05, 0.1) is 12.8 Å². The van der Waals surface area contributed by atoms with Crippen LogP contribution in [0.2, 0.25) is 0 Å². The van der Waals surface area contributed by atoms with E-state index < -0.39 is 0 Å². The van der Waals surface area contributed by atoms with Crippen molar-refractivity contribution in [3.8, 4) is 0 Å². The highest BCUT2D eigenvalue weighted by Crippen LogP contribution is 2.13. The maximum atomic E-state index is 10.9. The molecule has 0 bridgehead atoms. The van der Waals surface area contributed by atoms with E-state index in [1.165, 1.54) is 31.8 Å². The molecule has 0 heterocycles. The first-order chi connectivity index (χ1) is 6.31. The van der Waals surface area contributed by atoms with E-state index in [4.69, 9.17) is 4.74 Å². The summed E-state index contributed by atoms with van der Waals surface area (Å²) >= 11 is 0. The fourth-order valence-corrected chi connectivity index (χ4v) is 2.06. The number of rotatable bonds is 8. The predicted octanol–water partition coefficient (Wildman–Crippen LogP) is 2.81. The standard InChI is InChI=1S/C10H21O2P/c1-3-5-6-7-8-13-9-10(11)12-4-2/h13H,3-9H2,1-2H3. The average Bonchev–Trinajstić information content (AvgIpc) is 2.11. The minimum atomic E-state index is -0.0312. The Hall–Kier alpha value is -0.100. The van der Waals surface area contributed by atoms with Crippen LogP contribution >= 0.6 is 8.58 Å². The van der Waals surface area contributed by atoms with Gasteiger partial charge in [0.15, 0.2) is 0 Å². The summed E-state index contributed by atoms with van der Waals surface area (Å²) in [5.41, 5.74) is 0. The predicted molar refractivity (Wildman–Crippen MR) is 58.8 cm³/mol. The molecule has 2 nitrogen and oxygen atoms in total. The molecule has 0 saturated carbocycles. The third kappa shape index (κ3) is 9.82. The van der Waals surface area contributed by atoms with E-state index >= 15 is 0 Å². The van der Waals surface area contributed by atoms with Crippen molar-refractivity contribution < 1.29 is 9.53 Å². The highest BCUT2D eigenvalue weighted by atomic mass is 31.1. The molecule has 0 aromatic rings. The van der Waals surface area contributed by atoms with Crippen molar-refractivity contribution in [2.24, 2.45) is 0 Å². The molecule has 0 aromatic heterocycles. The summed E-state index contributed by atoms with van der Waals surface area (Å²) < 4.78 is 4.84. The van der Waals surface area contributed by atoms with Crippen LogP contribution in [0.15, 0.2) is 0 Å². The molecule has 1 unspecified atom stereocenters. The molecule has 0 aliphatic carbocycles. The van der Waals surface area contributed by atoms with Gasteiger partial charge in [-0.1, -0.05) is 26.2 Å². The van der Waals surface area contributed by atoms with E-state index in [1.807, 2.05) is 6.92 Å². The molecular weight excluding hydrogens is 183 g/mol. The van der Waals surface area contributed by atoms with Crippen molar-refractivity contribution >= 4 is 14.6 Å². The van der Waals surface area contributed by atoms with Gasteiger partial charge in [-0.05, 0) is 19.5 Å². The highest BCUT2D eigenvalue weighted by Gasteiger charge is 1.99. The summed E-state index contributed by atoms with van der Waals surface area (Å²) in [6.07, 6.45) is 7.00. The van der Waals surface area contributed by atoms with Crippen molar-refractivity contribution in [1.82, 2.24) is 0 Å². The summed E-state index contributed by atoms with van der Waals surface area (Å²) in [7, 11) is 0.759. The normalized spacial score (nSPS) is 10.9. The van der Waals surface area contributed by atoms with Gasteiger partial charge in [0.25, 0.3) is 0 Å². The minimum Gasteiger partial charge on any atom is -0.466 e. The molecule has 0 rings (SSSR count). The molecule has 0 fully saturated rings. The van der Waals surface area contributed by atoms with E-state index in [2.05, 4.69) is 6.92 Å². The van der Waals surface area contributed by atoms with Crippen LogP contribution in [0.3, 0.4) is 0 Å². The quantitative estimate of drug-likeness (QED) is 0.345. The Bertz CT molecular complexity index is 126. The molecule has 0 aliphatic heterocycles. The van der Waals surface area contributed by atoms with Crippen LogP contribution < -0.4 is 0 Å². The lowest BCUT2D eigenvalue weighted by molar-refractivity contribution is -0.139. The molecule has 0 N–H and O–H groups in total. The summed E-state index contributed by atoms with van der Waals surface area (Å²) in [4.78, 5) is 10.9. The lowest BCUT2D eigenvalue weighted by Gasteiger charge is -2.01. The Morgan fingerprint density at radius 2 is 2.00 bits per heavy atom. The van der Waals surface area contributed by atoms with Crippen LogP contribution in [0, 0.1) is 0 Å². The number of hydrogen-bond donors (Lipinski definition) is 0. The van der Waals surface area contributed by atoms with E-state index in [1.54, 1.807) is 0 Å². The number of unbranched alkanes of at least 4 members (excludes halogenated alkanes) is 3. The number of hydrogen-bond acceptors (Lipinski definition) is 2. The smallest absolute Gasteiger partial charge is 0.309 e. The molecule has 3 heteroatoms. The molecule has 0 aliphatic rings. The van der Waals surface area contributed by atoms with Gasteiger partial charge in [-0.2, -0.15) is 0 Å². The van der Waals surface area contributed by atoms with Gasteiger partial charge in [0.1, 0.15) is 0 Å². The topological polar surface area (TPSA) is 26.3 Å². The molecule has 0 saturated heterocycles. The molecule has 0 spiro atoms. The fourth-order valence-electron chi connectivity index (χ4n) is 1.08. The van der Waals surface area contributed by atoms with E-state index in [0.29, 0.717) is 12.8 Å². The highest BCUT2D eigenvalue weighted by molar-refractivity contribution is 7.39. The molecule has 0 amide bonds. The van der Waals surface area contributed by atoms with Crippen molar-refractivity contribution in [2.75, 3.05) is 18.9 Å². The number of esters is 1. The molecule has 1 atom stereocenters. The zero-order valence-corrected chi connectivity index (χ0v) is 9.77. The monoisotopic (exact) mass is 204 g/mol. The van der Waals surface area contributed by atoms with Gasteiger partial charge in [-0.15, -0.1) is 8.58 Å². The van der Waals surface area contributed by atoms with Gasteiger partial charge >= 0.3 is 5.97 Å². The SMILES string of the molecule is CCCCCCPCC(=O)OCC. The van der Waals surface area contributed by atoms with Crippen molar-refractivity contribution in [2.45, 2.75) is 39.5 Å². The molecule has 13 heavy (non-hydrogen) atoms. The number of ether oxygens (including phenoxy) is 1. The van der Waals surface area contributed by atoms with Crippen LogP contribution in [0.4, 0.5) is 0 Å². The first-order valence-corrected chi connectivity index (χ1v) is 6.59. The largest absolute Gasteiger partial charge is 0.466 e. The Labute approximate surface area is 83.2 Å². The molecule has 0 radical (unpaired) electrons. The van der Waals surface area contributed by atoms with Crippen LogP contribution in [0.5, 0.6) is 0 Å². The summed E-state index contributed by atoms with van der Waals surface area (Å²) in [5.74, 6) is -0.0312. The maximum Gasteiger partial charge on any atom is 0.309 e. The summed E-state index contributed by atoms with van der Waals surface area (Å²) in [5, 5.41) is 0. The lowest BCUT2D eigenvalue weighted by Crippen LogP contribution is -2.05. The maximum absolute atomic E-state index is 10.9. The fraction of sp³-hybridized carbons (Fsp3) is 0.900. The van der Waals surface area contributed by atoms with E-state index in [9.17, 15) is 4.79 Å². The Balaban J connectivity index is 3.02. The first-order valence-electron chi connectivity index (χ1n) is 5.17. The Morgan fingerprint density at radius 3 is 2.62 bits per heavy atom.